The summed E-state index contributed by atoms with van der Waals surface area (Å²) in [4.78, 5) is 42.4. The van der Waals surface area contributed by atoms with Crippen LogP contribution < -0.4 is 0 Å². The summed E-state index contributed by atoms with van der Waals surface area (Å²) in [6.45, 7) is 3.45. The number of aliphatic carboxylic acids is 1. The molecule has 0 aromatic carbocycles. The van der Waals surface area contributed by atoms with Crippen molar-refractivity contribution in [3.63, 3.8) is 0 Å². The highest BCUT2D eigenvalue weighted by atomic mass is 19.4. The number of nitrogens with zero attached hydrogens (tertiary/aromatic N) is 3. The van der Waals surface area contributed by atoms with E-state index < -0.39 is 12.1 Å². The van der Waals surface area contributed by atoms with Gasteiger partial charge in [0.15, 0.2) is 0 Å². The highest BCUT2D eigenvalue weighted by Crippen LogP contribution is 2.40. The largest absolute Gasteiger partial charge is 0.490 e. The van der Waals surface area contributed by atoms with Crippen LogP contribution in [0.3, 0.4) is 0 Å². The average molecular weight is 471 g/mol. The maximum absolute atomic E-state index is 12.8. The standard InChI is InChI=1S/C20H27N3O3.C2HF3O2/c24-18-2-7-20(23(18)14-16-3-9-21-10-4-16)6-1-11-22(12-8-20)19(25)17-5-13-26-15-17;3-2(4,5)1(6)7/h3-4,9-10,17H,1-2,5-8,11-15H2;(H,6,7). The fraction of sp³-hybridized carbons (Fsp3) is 0.636. The van der Waals surface area contributed by atoms with Crippen molar-refractivity contribution in [3.8, 4) is 0 Å². The number of hydrogen-bond donors (Lipinski definition) is 1. The van der Waals surface area contributed by atoms with Gasteiger partial charge in [-0.15, -0.1) is 0 Å². The number of rotatable bonds is 3. The lowest BCUT2D eigenvalue weighted by Gasteiger charge is -2.38. The summed E-state index contributed by atoms with van der Waals surface area (Å²) < 4.78 is 37.1. The Labute approximate surface area is 189 Å². The van der Waals surface area contributed by atoms with Crippen molar-refractivity contribution >= 4 is 17.8 Å². The summed E-state index contributed by atoms with van der Waals surface area (Å²) in [7, 11) is 0. The molecular weight excluding hydrogens is 443 g/mol. The predicted molar refractivity (Wildman–Crippen MR) is 110 cm³/mol. The van der Waals surface area contributed by atoms with Gasteiger partial charge in [0.25, 0.3) is 0 Å². The lowest BCUT2D eigenvalue weighted by Crippen LogP contribution is -2.46. The lowest BCUT2D eigenvalue weighted by atomic mass is 9.87. The SMILES string of the molecule is O=C(C1CCOC1)N1CCCC2(CCC(=O)N2Cc2ccncc2)CC1.O=C(O)C(F)(F)F. The second-order valence-electron chi connectivity index (χ2n) is 8.60. The zero-order valence-corrected chi connectivity index (χ0v) is 18.2. The molecule has 11 heteroatoms. The van der Waals surface area contributed by atoms with E-state index in [1.807, 2.05) is 17.0 Å². The summed E-state index contributed by atoms with van der Waals surface area (Å²) in [5, 5.41) is 7.12. The summed E-state index contributed by atoms with van der Waals surface area (Å²) in [5.41, 5.74) is 1.02. The number of ether oxygens (including phenoxy) is 1. The number of aromatic nitrogens is 1. The first-order chi connectivity index (χ1) is 15.6. The summed E-state index contributed by atoms with van der Waals surface area (Å²) in [5.74, 6) is -2.25. The lowest BCUT2D eigenvalue weighted by molar-refractivity contribution is -0.192. The van der Waals surface area contributed by atoms with Crippen LogP contribution in [-0.2, 0) is 25.7 Å². The van der Waals surface area contributed by atoms with Gasteiger partial charge >= 0.3 is 12.1 Å². The Morgan fingerprint density at radius 3 is 2.48 bits per heavy atom. The van der Waals surface area contributed by atoms with E-state index in [9.17, 15) is 22.8 Å². The Morgan fingerprint density at radius 1 is 1.18 bits per heavy atom. The Morgan fingerprint density at radius 2 is 1.88 bits per heavy atom. The highest BCUT2D eigenvalue weighted by Gasteiger charge is 2.46. The van der Waals surface area contributed by atoms with Crippen LogP contribution in [0.2, 0.25) is 0 Å². The number of hydrogen-bond acceptors (Lipinski definition) is 5. The molecule has 33 heavy (non-hydrogen) atoms. The maximum Gasteiger partial charge on any atom is 0.490 e. The van der Waals surface area contributed by atoms with Crippen LogP contribution in [0.15, 0.2) is 24.5 Å². The van der Waals surface area contributed by atoms with Gasteiger partial charge in [-0.25, -0.2) is 4.79 Å². The smallest absolute Gasteiger partial charge is 0.475 e. The summed E-state index contributed by atoms with van der Waals surface area (Å²) >= 11 is 0. The highest BCUT2D eigenvalue weighted by molar-refractivity contribution is 5.80. The molecule has 2 amide bonds. The Hall–Kier alpha value is -2.69. The average Bonchev–Trinajstić information content (AvgIpc) is 3.35. The van der Waals surface area contributed by atoms with Crippen molar-refractivity contribution in [1.29, 1.82) is 0 Å². The Kier molecular flexibility index (Phi) is 7.93. The monoisotopic (exact) mass is 471 g/mol. The Balaban J connectivity index is 0.000000383. The topological polar surface area (TPSA) is 100 Å². The minimum Gasteiger partial charge on any atom is -0.475 e. The molecule has 3 fully saturated rings. The molecule has 1 aromatic heterocycles. The van der Waals surface area contributed by atoms with Crippen LogP contribution in [0.25, 0.3) is 0 Å². The molecule has 0 radical (unpaired) electrons. The molecule has 0 aliphatic carbocycles. The van der Waals surface area contributed by atoms with E-state index in [4.69, 9.17) is 14.6 Å². The molecule has 2 unspecified atom stereocenters. The minimum atomic E-state index is -5.08. The van der Waals surface area contributed by atoms with Crippen LogP contribution in [-0.4, -0.2) is 75.7 Å². The molecule has 1 aromatic rings. The van der Waals surface area contributed by atoms with Crippen LogP contribution in [0.4, 0.5) is 13.2 Å². The fourth-order valence-electron chi connectivity index (χ4n) is 4.71. The minimum absolute atomic E-state index is 0.0298. The van der Waals surface area contributed by atoms with E-state index in [0.717, 1.165) is 50.8 Å². The van der Waals surface area contributed by atoms with Crippen LogP contribution >= 0.6 is 0 Å². The van der Waals surface area contributed by atoms with E-state index >= 15 is 0 Å². The summed E-state index contributed by atoms with van der Waals surface area (Å²) in [6, 6.07) is 3.96. The van der Waals surface area contributed by atoms with Gasteiger partial charge in [0.2, 0.25) is 11.8 Å². The second-order valence-corrected chi connectivity index (χ2v) is 8.60. The fourth-order valence-corrected chi connectivity index (χ4v) is 4.71. The summed E-state index contributed by atoms with van der Waals surface area (Å²) in [6.07, 6.45) is 3.66. The Bertz CT molecular complexity index is 845. The number of amides is 2. The van der Waals surface area contributed by atoms with Crippen molar-refractivity contribution in [1.82, 2.24) is 14.8 Å². The van der Waals surface area contributed by atoms with Gasteiger partial charge in [0.05, 0.1) is 12.5 Å². The number of carbonyl (C=O) groups is 3. The van der Waals surface area contributed by atoms with Crippen LogP contribution in [0.1, 0.15) is 44.1 Å². The molecule has 0 saturated carbocycles. The number of alkyl halides is 3. The van der Waals surface area contributed by atoms with Crippen molar-refractivity contribution in [2.45, 2.75) is 56.8 Å². The normalized spacial score (nSPS) is 25.5. The zero-order chi connectivity index (χ0) is 24.1. The molecule has 1 N–H and O–H groups in total. The van der Waals surface area contributed by atoms with Crippen molar-refractivity contribution in [2.75, 3.05) is 26.3 Å². The first kappa shape index (κ1) is 24.9. The van der Waals surface area contributed by atoms with E-state index in [-0.39, 0.29) is 23.3 Å². The molecule has 2 atom stereocenters. The number of pyridine rings is 1. The number of likely N-dealkylation sites (tertiary alicyclic amines) is 2. The third-order valence-electron chi connectivity index (χ3n) is 6.52. The van der Waals surface area contributed by atoms with Crippen molar-refractivity contribution in [3.05, 3.63) is 30.1 Å². The molecule has 0 bridgehead atoms. The van der Waals surface area contributed by atoms with Gasteiger partial charge in [-0.05, 0) is 49.8 Å². The predicted octanol–water partition coefficient (Wildman–Crippen LogP) is 2.63. The second kappa shape index (κ2) is 10.5. The van der Waals surface area contributed by atoms with E-state index in [0.29, 0.717) is 26.2 Å². The first-order valence-corrected chi connectivity index (χ1v) is 11.0. The van der Waals surface area contributed by atoms with E-state index in [2.05, 4.69) is 9.88 Å². The van der Waals surface area contributed by atoms with Gasteiger partial charge in [-0.1, -0.05) is 0 Å². The quantitative estimate of drug-likeness (QED) is 0.728. The molecule has 3 aliphatic rings. The third kappa shape index (κ3) is 6.21. The molecular formula is C22H28F3N3O5. The number of carboxylic acids is 1. The molecule has 3 aliphatic heterocycles. The van der Waals surface area contributed by atoms with Gasteiger partial charge in [-0.3, -0.25) is 14.6 Å². The van der Waals surface area contributed by atoms with Gasteiger partial charge in [0.1, 0.15) is 0 Å². The maximum atomic E-state index is 12.8. The molecule has 4 heterocycles. The molecule has 3 saturated heterocycles. The third-order valence-corrected chi connectivity index (χ3v) is 6.52. The number of carbonyl (C=O) groups excluding carboxylic acids is 2. The molecule has 8 nitrogen and oxygen atoms in total. The van der Waals surface area contributed by atoms with Gasteiger partial charge < -0.3 is 19.6 Å². The molecule has 182 valence electrons. The molecule has 4 rings (SSSR count). The van der Waals surface area contributed by atoms with Crippen molar-refractivity contribution < 1.29 is 37.4 Å². The zero-order valence-electron chi connectivity index (χ0n) is 18.2. The number of carboxylic acid groups (broad SMARTS) is 1. The first-order valence-electron chi connectivity index (χ1n) is 11.0. The van der Waals surface area contributed by atoms with E-state index in [1.54, 1.807) is 12.4 Å². The number of halogens is 3. The molecule has 1 spiro atoms. The van der Waals surface area contributed by atoms with Crippen LogP contribution in [0, 0.1) is 5.92 Å². The van der Waals surface area contributed by atoms with Gasteiger partial charge in [-0.2, -0.15) is 13.2 Å². The van der Waals surface area contributed by atoms with Crippen molar-refractivity contribution in [2.24, 2.45) is 5.92 Å². The van der Waals surface area contributed by atoms with Crippen LogP contribution in [0.5, 0.6) is 0 Å². The van der Waals surface area contributed by atoms with E-state index in [1.165, 1.54) is 0 Å². The van der Waals surface area contributed by atoms with Gasteiger partial charge in [0, 0.05) is 50.6 Å².